The first-order valence-corrected chi connectivity index (χ1v) is 12.0. The van der Waals surface area contributed by atoms with Gasteiger partial charge in [-0.1, -0.05) is 18.2 Å². The Hall–Kier alpha value is -3.05. The van der Waals surface area contributed by atoms with Gasteiger partial charge in [-0.3, -0.25) is 4.98 Å². The van der Waals surface area contributed by atoms with E-state index in [1.807, 2.05) is 12.4 Å². The number of nitrogens with one attached hydrogen (secondary N) is 1. The number of ether oxygens (including phenoxy) is 2. The van der Waals surface area contributed by atoms with Crippen LogP contribution in [0.2, 0.25) is 0 Å². The number of anilines is 1. The number of benzene rings is 2. The summed E-state index contributed by atoms with van der Waals surface area (Å²) in [6.07, 6.45) is 8.69. The highest BCUT2D eigenvalue weighted by atomic mass is 16.5. The molecule has 0 atom stereocenters. The maximum absolute atomic E-state index is 5.70. The lowest BCUT2D eigenvalue weighted by molar-refractivity contribution is 0.352. The molecular weight excluding hydrogens is 410 g/mol. The SMILES string of the molecule is COc1cc(-c2cncc(CN(c3ccccc3)C3CCNCC3)c2)cc(C2CC2)c1OC. The molecule has 5 heteroatoms. The monoisotopic (exact) mass is 443 g/mol. The first-order valence-electron chi connectivity index (χ1n) is 12.0. The molecule has 2 fully saturated rings. The maximum Gasteiger partial charge on any atom is 0.164 e. The first-order chi connectivity index (χ1) is 16.3. The molecule has 1 aliphatic heterocycles. The van der Waals surface area contributed by atoms with Gasteiger partial charge >= 0.3 is 0 Å². The molecular formula is C28H33N3O2. The second-order valence-electron chi connectivity index (χ2n) is 9.10. The molecule has 5 nitrogen and oxygen atoms in total. The third kappa shape index (κ3) is 4.83. The van der Waals surface area contributed by atoms with Crippen molar-refractivity contribution in [1.29, 1.82) is 0 Å². The van der Waals surface area contributed by atoms with E-state index in [9.17, 15) is 0 Å². The normalized spacial score (nSPS) is 16.4. The molecule has 0 amide bonds. The Kier molecular flexibility index (Phi) is 6.49. The fourth-order valence-corrected chi connectivity index (χ4v) is 4.96. The van der Waals surface area contributed by atoms with Crippen molar-refractivity contribution in [3.05, 3.63) is 72.1 Å². The lowest BCUT2D eigenvalue weighted by atomic mass is 9.98. The number of aromatic nitrogens is 1. The summed E-state index contributed by atoms with van der Waals surface area (Å²) in [6, 6.07) is 17.9. The summed E-state index contributed by atoms with van der Waals surface area (Å²) in [5, 5.41) is 3.49. The summed E-state index contributed by atoms with van der Waals surface area (Å²) in [5.41, 5.74) is 6.00. The summed E-state index contributed by atoms with van der Waals surface area (Å²) in [4.78, 5) is 7.18. The van der Waals surface area contributed by atoms with Crippen molar-refractivity contribution < 1.29 is 9.47 Å². The van der Waals surface area contributed by atoms with Crippen molar-refractivity contribution in [2.24, 2.45) is 0 Å². The Morgan fingerprint density at radius 2 is 1.70 bits per heavy atom. The summed E-state index contributed by atoms with van der Waals surface area (Å²) in [5.74, 6) is 2.23. The molecule has 1 N–H and O–H groups in total. The average molecular weight is 444 g/mol. The highest BCUT2D eigenvalue weighted by Gasteiger charge is 2.29. The van der Waals surface area contributed by atoms with Crippen molar-refractivity contribution in [3.63, 3.8) is 0 Å². The topological polar surface area (TPSA) is 46.6 Å². The number of rotatable bonds is 8. The highest BCUT2D eigenvalue weighted by molar-refractivity contribution is 5.70. The van der Waals surface area contributed by atoms with E-state index in [0.29, 0.717) is 12.0 Å². The molecule has 33 heavy (non-hydrogen) atoms. The van der Waals surface area contributed by atoms with Crippen LogP contribution in [0.25, 0.3) is 11.1 Å². The minimum Gasteiger partial charge on any atom is -0.493 e. The first kappa shape index (κ1) is 21.8. The van der Waals surface area contributed by atoms with Crippen molar-refractivity contribution in [3.8, 4) is 22.6 Å². The van der Waals surface area contributed by atoms with E-state index in [2.05, 4.69) is 63.7 Å². The van der Waals surface area contributed by atoms with Crippen molar-refractivity contribution >= 4 is 5.69 Å². The van der Waals surface area contributed by atoms with Gasteiger partial charge in [0.1, 0.15) is 0 Å². The molecule has 2 aliphatic rings. The van der Waals surface area contributed by atoms with Crippen LogP contribution in [-0.4, -0.2) is 38.3 Å². The molecule has 0 spiro atoms. The largest absolute Gasteiger partial charge is 0.493 e. The van der Waals surface area contributed by atoms with Crippen LogP contribution in [0.4, 0.5) is 5.69 Å². The van der Waals surface area contributed by atoms with Crippen LogP contribution in [0.3, 0.4) is 0 Å². The Labute approximate surface area is 196 Å². The lowest BCUT2D eigenvalue weighted by Gasteiger charge is -2.36. The smallest absolute Gasteiger partial charge is 0.164 e. The zero-order valence-corrected chi connectivity index (χ0v) is 19.6. The minimum atomic E-state index is 0.528. The van der Waals surface area contributed by atoms with Crippen LogP contribution in [-0.2, 0) is 6.54 Å². The van der Waals surface area contributed by atoms with Gasteiger partial charge in [-0.05, 0) is 86.1 Å². The predicted molar refractivity (Wildman–Crippen MR) is 133 cm³/mol. The summed E-state index contributed by atoms with van der Waals surface area (Å²) < 4.78 is 11.4. The van der Waals surface area contributed by atoms with Crippen molar-refractivity contribution in [1.82, 2.24) is 10.3 Å². The summed E-state index contributed by atoms with van der Waals surface area (Å²) in [6.45, 7) is 2.99. The molecule has 1 saturated carbocycles. The lowest BCUT2D eigenvalue weighted by Crippen LogP contribution is -2.43. The van der Waals surface area contributed by atoms with E-state index in [1.54, 1.807) is 14.2 Å². The third-order valence-corrected chi connectivity index (χ3v) is 6.84. The zero-order chi connectivity index (χ0) is 22.6. The van der Waals surface area contributed by atoms with Crippen molar-refractivity contribution in [2.45, 2.75) is 44.2 Å². The number of para-hydroxylation sites is 1. The number of pyridine rings is 1. The molecule has 172 valence electrons. The van der Waals surface area contributed by atoms with Crippen molar-refractivity contribution in [2.75, 3.05) is 32.2 Å². The number of hydrogen-bond donors (Lipinski definition) is 1. The third-order valence-electron chi connectivity index (χ3n) is 6.84. The van der Waals surface area contributed by atoms with Crippen LogP contribution in [0.1, 0.15) is 42.7 Å². The second kappa shape index (κ2) is 9.84. The van der Waals surface area contributed by atoms with E-state index in [1.165, 1.54) is 29.7 Å². The van der Waals surface area contributed by atoms with Crippen LogP contribution in [0, 0.1) is 0 Å². The highest BCUT2D eigenvalue weighted by Crippen LogP contribution is 2.49. The van der Waals surface area contributed by atoms with Crippen LogP contribution >= 0.6 is 0 Å². The van der Waals surface area contributed by atoms with Gasteiger partial charge in [-0.25, -0.2) is 0 Å². The Balaban J connectivity index is 1.47. The molecule has 2 heterocycles. The van der Waals surface area contributed by atoms with E-state index < -0.39 is 0 Å². The Morgan fingerprint density at radius 3 is 2.39 bits per heavy atom. The van der Waals surface area contributed by atoms with Gasteiger partial charge in [-0.2, -0.15) is 0 Å². The van der Waals surface area contributed by atoms with E-state index in [0.717, 1.165) is 55.1 Å². The van der Waals surface area contributed by atoms with Gasteiger partial charge in [0.25, 0.3) is 0 Å². The number of hydrogen-bond acceptors (Lipinski definition) is 5. The molecule has 2 aromatic carbocycles. The van der Waals surface area contributed by atoms with Gasteiger partial charge in [-0.15, -0.1) is 0 Å². The maximum atomic E-state index is 5.70. The fourth-order valence-electron chi connectivity index (χ4n) is 4.96. The van der Waals surface area contributed by atoms with Gasteiger partial charge in [0.05, 0.1) is 14.2 Å². The van der Waals surface area contributed by atoms with E-state index in [-0.39, 0.29) is 0 Å². The number of nitrogens with zero attached hydrogens (tertiary/aromatic N) is 2. The second-order valence-corrected chi connectivity index (χ2v) is 9.10. The van der Waals surface area contributed by atoms with Crippen LogP contribution < -0.4 is 19.7 Å². The quantitative estimate of drug-likeness (QED) is 0.505. The van der Waals surface area contributed by atoms with E-state index >= 15 is 0 Å². The molecule has 0 radical (unpaired) electrons. The molecule has 1 aromatic heterocycles. The summed E-state index contributed by atoms with van der Waals surface area (Å²) >= 11 is 0. The van der Waals surface area contributed by atoms with Gasteiger partial charge in [0.2, 0.25) is 0 Å². The Bertz CT molecular complexity index is 1080. The number of piperidine rings is 1. The summed E-state index contributed by atoms with van der Waals surface area (Å²) in [7, 11) is 3.44. The van der Waals surface area contributed by atoms with Gasteiger partial charge in [0, 0.05) is 41.8 Å². The van der Waals surface area contributed by atoms with Gasteiger partial charge in [0.15, 0.2) is 11.5 Å². The molecule has 5 rings (SSSR count). The molecule has 1 aliphatic carbocycles. The van der Waals surface area contributed by atoms with E-state index in [4.69, 9.17) is 9.47 Å². The zero-order valence-electron chi connectivity index (χ0n) is 19.6. The standard InChI is InChI=1S/C28H33N3O2/c1-32-27-16-22(15-26(21-8-9-21)28(27)33-2)23-14-20(17-30-18-23)19-31(24-6-4-3-5-7-24)25-10-12-29-13-11-25/h3-7,14-18,21,25,29H,8-13,19H2,1-2H3. The fraction of sp³-hybridized carbons (Fsp3) is 0.393. The minimum absolute atomic E-state index is 0.528. The van der Waals surface area contributed by atoms with Crippen LogP contribution in [0.15, 0.2) is 60.9 Å². The molecule has 0 unspecified atom stereocenters. The molecule has 1 saturated heterocycles. The molecule has 3 aromatic rings. The van der Waals surface area contributed by atoms with Crippen LogP contribution in [0.5, 0.6) is 11.5 Å². The molecule has 0 bridgehead atoms. The number of methoxy groups -OCH3 is 2. The average Bonchev–Trinajstić information content (AvgIpc) is 3.73. The predicted octanol–water partition coefficient (Wildman–Crippen LogP) is 5.40. The Morgan fingerprint density at radius 1 is 0.909 bits per heavy atom. The van der Waals surface area contributed by atoms with Gasteiger partial charge < -0.3 is 19.7 Å².